The maximum absolute atomic E-state index is 12.0. The molecule has 0 spiro atoms. The summed E-state index contributed by atoms with van der Waals surface area (Å²) < 4.78 is 11.0. The van der Waals surface area contributed by atoms with E-state index >= 15 is 0 Å². The summed E-state index contributed by atoms with van der Waals surface area (Å²) in [4.78, 5) is 14.1. The Bertz CT molecular complexity index is 504. The third-order valence-corrected chi connectivity index (χ3v) is 4.07. The SMILES string of the molecule is Cc1c(Cl)cccc1NC(=O)CCN(C)C[C@H]1COCCO1. The normalized spacial score (nSPS) is 18.5. The number of anilines is 1. The standard InChI is InChI=1S/C16H23ClN2O3/c1-12-14(17)4-3-5-15(12)18-16(20)6-7-19(2)10-13-11-21-8-9-22-13/h3-5,13H,6-11H2,1-2H3,(H,18,20)/t13-/m0/s1. The summed E-state index contributed by atoms with van der Waals surface area (Å²) in [6.45, 7) is 5.27. The van der Waals surface area contributed by atoms with Crippen molar-refractivity contribution in [2.45, 2.75) is 19.4 Å². The molecule has 0 aliphatic carbocycles. The number of amides is 1. The Hall–Kier alpha value is -1.14. The van der Waals surface area contributed by atoms with Crippen LogP contribution in [0.4, 0.5) is 5.69 Å². The monoisotopic (exact) mass is 326 g/mol. The van der Waals surface area contributed by atoms with Crippen molar-refractivity contribution in [1.29, 1.82) is 0 Å². The average Bonchev–Trinajstić information content (AvgIpc) is 2.51. The molecule has 1 N–H and O–H groups in total. The van der Waals surface area contributed by atoms with Crippen molar-refractivity contribution < 1.29 is 14.3 Å². The van der Waals surface area contributed by atoms with E-state index in [2.05, 4.69) is 10.2 Å². The van der Waals surface area contributed by atoms with Crippen LogP contribution in [0, 0.1) is 6.92 Å². The number of carbonyl (C=O) groups is 1. The molecule has 5 nitrogen and oxygen atoms in total. The summed E-state index contributed by atoms with van der Waals surface area (Å²) in [6, 6.07) is 5.50. The van der Waals surface area contributed by atoms with Crippen LogP contribution in [0.3, 0.4) is 0 Å². The third kappa shape index (κ3) is 5.25. The zero-order valence-corrected chi connectivity index (χ0v) is 13.9. The number of halogens is 1. The van der Waals surface area contributed by atoms with Gasteiger partial charge in [-0.05, 0) is 31.7 Å². The van der Waals surface area contributed by atoms with Crippen molar-refractivity contribution in [2.75, 3.05) is 45.3 Å². The Balaban J connectivity index is 1.73. The highest BCUT2D eigenvalue weighted by Gasteiger charge is 2.17. The molecule has 1 fully saturated rings. The first kappa shape index (κ1) is 17.2. The Morgan fingerprint density at radius 1 is 1.45 bits per heavy atom. The van der Waals surface area contributed by atoms with Crippen molar-refractivity contribution in [2.24, 2.45) is 0 Å². The number of ether oxygens (including phenoxy) is 2. The van der Waals surface area contributed by atoms with Crippen LogP contribution < -0.4 is 5.32 Å². The van der Waals surface area contributed by atoms with Crippen LogP contribution in [0.1, 0.15) is 12.0 Å². The molecular weight excluding hydrogens is 304 g/mol. The smallest absolute Gasteiger partial charge is 0.225 e. The van der Waals surface area contributed by atoms with Crippen LogP contribution in [0.5, 0.6) is 0 Å². The van der Waals surface area contributed by atoms with Gasteiger partial charge in [0.05, 0.1) is 25.9 Å². The van der Waals surface area contributed by atoms with Crippen molar-refractivity contribution in [3.05, 3.63) is 28.8 Å². The first-order chi connectivity index (χ1) is 10.6. The quantitative estimate of drug-likeness (QED) is 0.871. The summed E-state index contributed by atoms with van der Waals surface area (Å²) in [6.07, 6.45) is 0.521. The molecule has 1 aliphatic heterocycles. The van der Waals surface area contributed by atoms with Gasteiger partial charge in [0.1, 0.15) is 0 Å². The number of hydrogen-bond donors (Lipinski definition) is 1. The van der Waals surface area contributed by atoms with Crippen molar-refractivity contribution in [3.8, 4) is 0 Å². The molecule has 1 aliphatic rings. The molecule has 0 saturated carbocycles. The van der Waals surface area contributed by atoms with E-state index in [4.69, 9.17) is 21.1 Å². The molecular formula is C16H23ClN2O3. The maximum atomic E-state index is 12.0. The molecule has 6 heteroatoms. The van der Waals surface area contributed by atoms with Crippen LogP contribution in [-0.2, 0) is 14.3 Å². The van der Waals surface area contributed by atoms with Gasteiger partial charge < -0.3 is 19.7 Å². The van der Waals surface area contributed by atoms with Gasteiger partial charge in [0.25, 0.3) is 0 Å². The molecule has 0 radical (unpaired) electrons. The molecule has 122 valence electrons. The van der Waals surface area contributed by atoms with E-state index in [0.717, 1.165) is 17.8 Å². The Kier molecular flexibility index (Phi) is 6.64. The minimum Gasteiger partial charge on any atom is -0.376 e. The summed E-state index contributed by atoms with van der Waals surface area (Å²) in [5, 5.41) is 3.56. The first-order valence-electron chi connectivity index (χ1n) is 7.49. The van der Waals surface area contributed by atoms with Crippen LogP contribution in [0.25, 0.3) is 0 Å². The number of likely N-dealkylation sites (N-methyl/N-ethyl adjacent to an activating group) is 1. The largest absolute Gasteiger partial charge is 0.376 e. The fraction of sp³-hybridized carbons (Fsp3) is 0.562. The zero-order valence-electron chi connectivity index (χ0n) is 13.1. The van der Waals surface area contributed by atoms with Gasteiger partial charge in [0.2, 0.25) is 5.91 Å². The highest BCUT2D eigenvalue weighted by molar-refractivity contribution is 6.31. The summed E-state index contributed by atoms with van der Waals surface area (Å²) in [5.41, 5.74) is 1.66. The second kappa shape index (κ2) is 8.48. The molecule has 1 saturated heterocycles. The van der Waals surface area contributed by atoms with Crippen LogP contribution >= 0.6 is 11.6 Å². The summed E-state index contributed by atoms with van der Waals surface area (Å²) in [5.74, 6) is -0.0157. The Morgan fingerprint density at radius 2 is 2.27 bits per heavy atom. The molecule has 2 rings (SSSR count). The number of nitrogens with one attached hydrogen (secondary N) is 1. The van der Waals surface area contributed by atoms with E-state index in [1.165, 1.54) is 0 Å². The van der Waals surface area contributed by atoms with E-state index in [0.29, 0.717) is 37.8 Å². The van der Waals surface area contributed by atoms with Gasteiger partial charge in [-0.2, -0.15) is 0 Å². The van der Waals surface area contributed by atoms with Crippen molar-refractivity contribution in [1.82, 2.24) is 4.90 Å². The topological polar surface area (TPSA) is 50.8 Å². The van der Waals surface area contributed by atoms with E-state index in [1.807, 2.05) is 32.2 Å². The molecule has 0 aromatic heterocycles. The van der Waals surface area contributed by atoms with E-state index in [1.54, 1.807) is 0 Å². The number of rotatable bonds is 6. The van der Waals surface area contributed by atoms with Gasteiger partial charge in [0.15, 0.2) is 0 Å². The minimum atomic E-state index is -0.0157. The number of carbonyl (C=O) groups excluding carboxylic acids is 1. The summed E-state index contributed by atoms with van der Waals surface area (Å²) >= 11 is 6.05. The highest BCUT2D eigenvalue weighted by Crippen LogP contribution is 2.22. The Morgan fingerprint density at radius 3 is 3.00 bits per heavy atom. The van der Waals surface area contributed by atoms with Gasteiger partial charge in [-0.1, -0.05) is 17.7 Å². The zero-order chi connectivity index (χ0) is 15.9. The first-order valence-corrected chi connectivity index (χ1v) is 7.87. The van der Waals surface area contributed by atoms with E-state index in [9.17, 15) is 4.79 Å². The lowest BCUT2D eigenvalue weighted by atomic mass is 10.2. The second-order valence-corrected chi connectivity index (χ2v) is 5.95. The van der Waals surface area contributed by atoms with Crippen LogP contribution in [0.2, 0.25) is 5.02 Å². The van der Waals surface area contributed by atoms with E-state index < -0.39 is 0 Å². The summed E-state index contributed by atoms with van der Waals surface area (Å²) in [7, 11) is 1.98. The van der Waals surface area contributed by atoms with Gasteiger partial charge in [-0.3, -0.25) is 4.79 Å². The van der Waals surface area contributed by atoms with Crippen molar-refractivity contribution in [3.63, 3.8) is 0 Å². The predicted molar refractivity (Wildman–Crippen MR) is 87.5 cm³/mol. The number of benzene rings is 1. The van der Waals surface area contributed by atoms with Crippen molar-refractivity contribution >= 4 is 23.2 Å². The van der Waals surface area contributed by atoms with Crippen LogP contribution in [0.15, 0.2) is 18.2 Å². The molecule has 1 aromatic rings. The lowest BCUT2D eigenvalue weighted by molar-refractivity contribution is -0.117. The maximum Gasteiger partial charge on any atom is 0.225 e. The molecule has 1 heterocycles. The average molecular weight is 327 g/mol. The molecule has 22 heavy (non-hydrogen) atoms. The molecule has 1 aromatic carbocycles. The number of hydrogen-bond acceptors (Lipinski definition) is 4. The highest BCUT2D eigenvalue weighted by atomic mass is 35.5. The van der Waals surface area contributed by atoms with Gasteiger partial charge in [-0.25, -0.2) is 0 Å². The second-order valence-electron chi connectivity index (χ2n) is 5.54. The van der Waals surface area contributed by atoms with Crippen LogP contribution in [-0.4, -0.2) is 56.9 Å². The number of nitrogens with zero attached hydrogens (tertiary/aromatic N) is 1. The Labute approximate surface area is 136 Å². The van der Waals surface area contributed by atoms with E-state index in [-0.39, 0.29) is 12.0 Å². The molecule has 1 atom stereocenters. The van der Waals surface area contributed by atoms with Gasteiger partial charge in [-0.15, -0.1) is 0 Å². The minimum absolute atomic E-state index is 0.0157. The fourth-order valence-electron chi connectivity index (χ4n) is 2.33. The predicted octanol–water partition coefficient (Wildman–Crippen LogP) is 2.32. The third-order valence-electron chi connectivity index (χ3n) is 3.66. The molecule has 0 unspecified atom stereocenters. The molecule has 0 bridgehead atoms. The lowest BCUT2D eigenvalue weighted by Gasteiger charge is -2.27. The van der Waals surface area contributed by atoms with Gasteiger partial charge in [0, 0.05) is 30.2 Å². The molecule has 1 amide bonds. The lowest BCUT2D eigenvalue weighted by Crippen LogP contribution is -2.39. The fourth-order valence-corrected chi connectivity index (χ4v) is 2.50. The van der Waals surface area contributed by atoms with Gasteiger partial charge >= 0.3 is 0 Å².